The van der Waals surface area contributed by atoms with Gasteiger partial charge in [0.2, 0.25) is 0 Å². The van der Waals surface area contributed by atoms with Gasteiger partial charge in [0.05, 0.1) is 5.56 Å². The molecule has 5 heteroatoms. The summed E-state index contributed by atoms with van der Waals surface area (Å²) in [5.74, 6) is -0.272. The first-order chi connectivity index (χ1) is 9.10. The maximum Gasteiger partial charge on any atom is 0.256 e. The lowest BCUT2D eigenvalue weighted by atomic mass is 10.2. The molecule has 1 amide bonds. The zero-order chi connectivity index (χ0) is 13.8. The van der Waals surface area contributed by atoms with Gasteiger partial charge in [-0.2, -0.15) is 0 Å². The summed E-state index contributed by atoms with van der Waals surface area (Å²) in [6.45, 7) is 0. The number of halogens is 2. The van der Waals surface area contributed by atoms with Gasteiger partial charge in [-0.3, -0.25) is 9.59 Å². The Morgan fingerprint density at radius 1 is 1.21 bits per heavy atom. The first-order valence-corrected chi connectivity index (χ1v) is 6.59. The van der Waals surface area contributed by atoms with E-state index in [2.05, 4.69) is 21.2 Å². The molecule has 0 spiro atoms. The second kappa shape index (κ2) is 5.99. The zero-order valence-corrected chi connectivity index (χ0v) is 12.0. The smallest absolute Gasteiger partial charge is 0.256 e. The van der Waals surface area contributed by atoms with E-state index in [1.165, 1.54) is 0 Å². The monoisotopic (exact) mass is 337 g/mol. The number of carbonyl (C=O) groups excluding carboxylic acids is 2. The number of hydrogen-bond donors (Lipinski definition) is 1. The molecule has 0 fully saturated rings. The molecular weight excluding hydrogens is 330 g/mol. The Morgan fingerprint density at radius 3 is 2.68 bits per heavy atom. The van der Waals surface area contributed by atoms with E-state index in [-0.39, 0.29) is 5.91 Å². The lowest BCUT2D eigenvalue weighted by Gasteiger charge is -2.07. The minimum Gasteiger partial charge on any atom is -0.322 e. The van der Waals surface area contributed by atoms with E-state index in [0.717, 1.165) is 6.29 Å². The predicted molar refractivity (Wildman–Crippen MR) is 78.9 cm³/mol. The fourth-order valence-electron chi connectivity index (χ4n) is 1.56. The Bertz CT molecular complexity index is 643. The summed E-state index contributed by atoms with van der Waals surface area (Å²) in [4.78, 5) is 22.7. The van der Waals surface area contributed by atoms with Crippen molar-refractivity contribution in [2.24, 2.45) is 0 Å². The first-order valence-electron chi connectivity index (χ1n) is 5.42. The van der Waals surface area contributed by atoms with Crippen molar-refractivity contribution in [1.29, 1.82) is 0 Å². The molecule has 0 aliphatic carbocycles. The second-order valence-electron chi connectivity index (χ2n) is 3.82. The van der Waals surface area contributed by atoms with Crippen LogP contribution in [0.1, 0.15) is 20.7 Å². The minimum atomic E-state index is -0.272. The van der Waals surface area contributed by atoms with Crippen molar-refractivity contribution < 1.29 is 9.59 Å². The van der Waals surface area contributed by atoms with Crippen LogP contribution in [-0.4, -0.2) is 12.2 Å². The van der Waals surface area contributed by atoms with E-state index in [0.29, 0.717) is 26.3 Å². The maximum absolute atomic E-state index is 12.1. The molecule has 3 nitrogen and oxygen atoms in total. The van der Waals surface area contributed by atoms with E-state index in [4.69, 9.17) is 11.6 Å². The van der Waals surface area contributed by atoms with Crippen molar-refractivity contribution in [3.63, 3.8) is 0 Å². The van der Waals surface area contributed by atoms with Crippen LogP contribution in [-0.2, 0) is 0 Å². The van der Waals surface area contributed by atoms with Crippen molar-refractivity contribution in [2.45, 2.75) is 0 Å². The van der Waals surface area contributed by atoms with Crippen LogP contribution in [0.2, 0.25) is 5.02 Å². The number of hydrogen-bond acceptors (Lipinski definition) is 2. The summed E-state index contributed by atoms with van der Waals surface area (Å²) in [5, 5.41) is 3.27. The predicted octanol–water partition coefficient (Wildman–Crippen LogP) is 4.17. The lowest BCUT2D eigenvalue weighted by Crippen LogP contribution is -2.12. The average Bonchev–Trinajstić information content (AvgIpc) is 2.38. The molecule has 2 aromatic rings. The van der Waals surface area contributed by atoms with E-state index in [9.17, 15) is 9.59 Å². The molecule has 2 aromatic carbocycles. The summed E-state index contributed by atoms with van der Waals surface area (Å²) >= 11 is 9.11. The molecule has 0 aliphatic heterocycles. The topological polar surface area (TPSA) is 46.2 Å². The average molecular weight is 339 g/mol. The molecule has 2 rings (SSSR count). The first kappa shape index (κ1) is 13.8. The number of anilines is 1. The molecule has 0 saturated carbocycles. The van der Waals surface area contributed by atoms with Gasteiger partial charge in [-0.05, 0) is 46.3 Å². The molecule has 0 unspecified atom stereocenters. The van der Waals surface area contributed by atoms with Gasteiger partial charge >= 0.3 is 0 Å². The Labute approximate surface area is 123 Å². The summed E-state index contributed by atoms with van der Waals surface area (Å²) in [6, 6.07) is 11.6. The normalized spacial score (nSPS) is 10.0. The van der Waals surface area contributed by atoms with Gasteiger partial charge in [0.25, 0.3) is 5.91 Å². The van der Waals surface area contributed by atoms with Crippen molar-refractivity contribution in [3.8, 4) is 0 Å². The molecule has 0 bridgehead atoms. The molecule has 0 saturated heterocycles. The SMILES string of the molecule is O=Cc1cccc(NC(=O)c2ccc(Cl)cc2Br)c1. The van der Waals surface area contributed by atoms with Crippen LogP contribution in [0.25, 0.3) is 0 Å². The summed E-state index contributed by atoms with van der Waals surface area (Å²) < 4.78 is 0.615. The van der Waals surface area contributed by atoms with Crippen LogP contribution in [0.15, 0.2) is 46.9 Å². The van der Waals surface area contributed by atoms with Crippen molar-refractivity contribution >= 4 is 45.4 Å². The summed E-state index contributed by atoms with van der Waals surface area (Å²) in [6.07, 6.45) is 0.730. The molecule has 0 radical (unpaired) electrons. The van der Waals surface area contributed by atoms with Gasteiger partial charge in [-0.1, -0.05) is 23.7 Å². The molecular formula is C14H9BrClNO2. The van der Waals surface area contributed by atoms with Gasteiger partial charge in [0.15, 0.2) is 0 Å². The number of aldehydes is 1. The summed E-state index contributed by atoms with van der Waals surface area (Å²) in [7, 11) is 0. The van der Waals surface area contributed by atoms with E-state index < -0.39 is 0 Å². The number of nitrogens with one attached hydrogen (secondary N) is 1. The number of rotatable bonds is 3. The highest BCUT2D eigenvalue weighted by atomic mass is 79.9. The third kappa shape index (κ3) is 3.43. The molecule has 96 valence electrons. The van der Waals surface area contributed by atoms with Crippen LogP contribution in [0.3, 0.4) is 0 Å². The molecule has 0 aliphatic rings. The molecule has 1 N–H and O–H groups in total. The molecule has 19 heavy (non-hydrogen) atoms. The minimum absolute atomic E-state index is 0.272. The van der Waals surface area contributed by atoms with Gasteiger partial charge in [0.1, 0.15) is 6.29 Å². The Morgan fingerprint density at radius 2 is 2.00 bits per heavy atom. The molecule has 0 heterocycles. The van der Waals surface area contributed by atoms with Crippen LogP contribution in [0.5, 0.6) is 0 Å². The Balaban J connectivity index is 2.22. The quantitative estimate of drug-likeness (QED) is 0.854. The van der Waals surface area contributed by atoms with Crippen molar-refractivity contribution in [2.75, 3.05) is 5.32 Å². The highest BCUT2D eigenvalue weighted by Crippen LogP contribution is 2.22. The Hall–Kier alpha value is -1.65. The second-order valence-corrected chi connectivity index (χ2v) is 5.11. The van der Waals surface area contributed by atoms with E-state index in [1.807, 2.05) is 0 Å². The van der Waals surface area contributed by atoms with E-state index >= 15 is 0 Å². The molecule has 0 atom stereocenters. The number of benzene rings is 2. The largest absolute Gasteiger partial charge is 0.322 e. The van der Waals surface area contributed by atoms with Crippen molar-refractivity contribution in [3.05, 3.63) is 63.1 Å². The van der Waals surface area contributed by atoms with Crippen LogP contribution in [0, 0.1) is 0 Å². The van der Waals surface area contributed by atoms with Gasteiger partial charge in [0, 0.05) is 20.7 Å². The maximum atomic E-state index is 12.1. The summed E-state index contributed by atoms with van der Waals surface area (Å²) in [5.41, 5.74) is 1.55. The number of amides is 1. The van der Waals surface area contributed by atoms with Crippen LogP contribution < -0.4 is 5.32 Å². The number of carbonyl (C=O) groups is 2. The fraction of sp³-hybridized carbons (Fsp3) is 0. The third-order valence-corrected chi connectivity index (χ3v) is 3.35. The standard InChI is InChI=1S/C14H9BrClNO2/c15-13-7-10(16)4-5-12(13)14(19)17-11-3-1-2-9(6-11)8-18/h1-8H,(H,17,19). The van der Waals surface area contributed by atoms with Crippen LogP contribution >= 0.6 is 27.5 Å². The lowest BCUT2D eigenvalue weighted by molar-refractivity contribution is 0.102. The Kier molecular flexibility index (Phi) is 4.35. The van der Waals surface area contributed by atoms with E-state index in [1.54, 1.807) is 42.5 Å². The van der Waals surface area contributed by atoms with Gasteiger partial charge in [-0.15, -0.1) is 0 Å². The third-order valence-electron chi connectivity index (χ3n) is 2.46. The molecule has 0 aromatic heterocycles. The highest BCUT2D eigenvalue weighted by Gasteiger charge is 2.10. The van der Waals surface area contributed by atoms with Crippen LogP contribution in [0.4, 0.5) is 5.69 Å². The van der Waals surface area contributed by atoms with Gasteiger partial charge < -0.3 is 5.32 Å². The zero-order valence-electron chi connectivity index (χ0n) is 9.69. The van der Waals surface area contributed by atoms with Crippen molar-refractivity contribution in [1.82, 2.24) is 0 Å². The highest BCUT2D eigenvalue weighted by molar-refractivity contribution is 9.10. The van der Waals surface area contributed by atoms with Gasteiger partial charge in [-0.25, -0.2) is 0 Å². The fourth-order valence-corrected chi connectivity index (χ4v) is 2.42.